The molecular formula is C16H25F2N2O7P. The van der Waals surface area contributed by atoms with E-state index in [1.807, 2.05) is 0 Å². The highest BCUT2D eigenvalue weighted by Crippen LogP contribution is 2.52. The molecule has 1 fully saturated rings. The second-order valence-electron chi connectivity index (χ2n) is 6.72. The molecule has 0 saturated carbocycles. The van der Waals surface area contributed by atoms with Crippen LogP contribution in [0.3, 0.4) is 0 Å². The molecule has 1 aliphatic heterocycles. The first kappa shape index (κ1) is 22.9. The first-order valence-corrected chi connectivity index (χ1v) is 10.4. The Labute approximate surface area is 161 Å². The van der Waals surface area contributed by atoms with Crippen molar-refractivity contribution in [1.82, 2.24) is 9.55 Å². The van der Waals surface area contributed by atoms with E-state index in [9.17, 15) is 18.1 Å². The van der Waals surface area contributed by atoms with E-state index in [2.05, 4.69) is 4.98 Å². The van der Waals surface area contributed by atoms with Gasteiger partial charge in [-0.2, -0.15) is 13.8 Å². The average Bonchev–Trinajstić information content (AvgIpc) is 2.85. The first-order chi connectivity index (χ1) is 13.0. The zero-order valence-corrected chi connectivity index (χ0v) is 17.2. The summed E-state index contributed by atoms with van der Waals surface area (Å²) >= 11 is 0. The van der Waals surface area contributed by atoms with Crippen LogP contribution in [-0.2, 0) is 23.1 Å². The molecular weight excluding hydrogens is 401 g/mol. The Bertz CT molecular complexity index is 758. The van der Waals surface area contributed by atoms with E-state index >= 15 is 0 Å². The molecule has 1 aromatic rings. The minimum absolute atomic E-state index is 0.00651. The Morgan fingerprint density at radius 2 is 1.93 bits per heavy atom. The van der Waals surface area contributed by atoms with Gasteiger partial charge in [0.25, 0.3) is 0 Å². The molecule has 0 aromatic carbocycles. The van der Waals surface area contributed by atoms with Crippen LogP contribution < -0.4 is 10.4 Å². The zero-order chi connectivity index (χ0) is 21.1. The van der Waals surface area contributed by atoms with Crippen molar-refractivity contribution in [2.45, 2.75) is 58.2 Å². The summed E-state index contributed by atoms with van der Waals surface area (Å²) in [7, 11) is -2.46. The summed E-state index contributed by atoms with van der Waals surface area (Å²) in [5, 5.41) is 0. The summed E-state index contributed by atoms with van der Waals surface area (Å²) in [5.74, 6) is -3.59. The molecule has 2 rings (SSSR count). The van der Waals surface area contributed by atoms with Crippen LogP contribution in [0.15, 0.2) is 17.1 Å². The van der Waals surface area contributed by atoms with Crippen molar-refractivity contribution in [1.29, 1.82) is 0 Å². The summed E-state index contributed by atoms with van der Waals surface area (Å²) in [6.45, 7) is 6.05. The number of halogens is 2. The molecule has 1 aromatic heterocycles. The number of ether oxygens (including phenoxy) is 3. The molecule has 0 aliphatic carbocycles. The van der Waals surface area contributed by atoms with Crippen LogP contribution in [-0.4, -0.2) is 53.9 Å². The minimum atomic E-state index is -3.76. The minimum Gasteiger partial charge on any atom is -0.481 e. The fraction of sp³-hybridized carbons (Fsp3) is 0.750. The van der Waals surface area contributed by atoms with Crippen molar-refractivity contribution in [3.63, 3.8) is 0 Å². The van der Waals surface area contributed by atoms with E-state index < -0.39 is 56.7 Å². The predicted molar refractivity (Wildman–Crippen MR) is 94.8 cm³/mol. The van der Waals surface area contributed by atoms with Gasteiger partial charge >= 0.3 is 19.2 Å². The molecule has 28 heavy (non-hydrogen) atoms. The summed E-state index contributed by atoms with van der Waals surface area (Å²) in [6.07, 6.45) is -4.14. The second kappa shape index (κ2) is 8.96. The smallest absolute Gasteiger partial charge is 0.356 e. The van der Waals surface area contributed by atoms with Crippen LogP contribution in [0.4, 0.5) is 8.78 Å². The van der Waals surface area contributed by atoms with Gasteiger partial charge in [-0.25, -0.2) is 4.79 Å². The van der Waals surface area contributed by atoms with Gasteiger partial charge in [-0.05, 0) is 27.7 Å². The highest BCUT2D eigenvalue weighted by Gasteiger charge is 2.56. The Morgan fingerprint density at radius 1 is 1.32 bits per heavy atom. The van der Waals surface area contributed by atoms with E-state index in [4.69, 9.17) is 23.3 Å². The highest BCUT2D eigenvalue weighted by atomic mass is 31.2. The lowest BCUT2D eigenvalue weighted by Crippen LogP contribution is -2.41. The Balaban J connectivity index is 2.14. The van der Waals surface area contributed by atoms with Gasteiger partial charge < -0.3 is 23.3 Å². The number of nitrogens with zero attached hydrogens (tertiary/aromatic N) is 2. The topological polar surface area (TPSA) is 98.1 Å². The highest BCUT2D eigenvalue weighted by molar-refractivity contribution is 7.53. The second-order valence-corrected chi connectivity index (χ2v) is 8.63. The van der Waals surface area contributed by atoms with Crippen molar-refractivity contribution >= 4 is 7.60 Å². The molecule has 2 atom stereocenters. The zero-order valence-electron chi connectivity index (χ0n) is 16.3. The summed E-state index contributed by atoms with van der Waals surface area (Å²) in [6, 6.07) is 1.26. The van der Waals surface area contributed by atoms with Gasteiger partial charge in [0.1, 0.15) is 12.5 Å². The molecule has 12 heteroatoms. The molecule has 0 amide bonds. The van der Waals surface area contributed by atoms with E-state index in [-0.39, 0.29) is 5.88 Å². The van der Waals surface area contributed by atoms with Gasteiger partial charge in [0.05, 0.1) is 25.9 Å². The van der Waals surface area contributed by atoms with Crippen molar-refractivity contribution in [2.75, 3.05) is 20.1 Å². The van der Waals surface area contributed by atoms with Crippen LogP contribution in [0.1, 0.15) is 33.9 Å². The lowest BCUT2D eigenvalue weighted by molar-refractivity contribution is -0.151. The molecule has 0 radical (unpaired) electrons. The maximum absolute atomic E-state index is 14.8. The SMILES string of the molecule is COc1ccn([C@@H]2OC[C@H](OCP(=O)(OC(C)C)OC(C)C)C2(F)F)c(=O)n1. The van der Waals surface area contributed by atoms with Gasteiger partial charge in [0, 0.05) is 12.3 Å². The summed E-state index contributed by atoms with van der Waals surface area (Å²) < 4.78 is 68.6. The van der Waals surface area contributed by atoms with Crippen molar-refractivity contribution in [3.05, 3.63) is 22.7 Å². The van der Waals surface area contributed by atoms with Gasteiger partial charge in [-0.3, -0.25) is 9.13 Å². The third-order valence-corrected chi connectivity index (χ3v) is 5.56. The molecule has 1 aliphatic rings. The van der Waals surface area contributed by atoms with Crippen LogP contribution in [0.5, 0.6) is 5.88 Å². The van der Waals surface area contributed by atoms with E-state index in [0.29, 0.717) is 4.57 Å². The van der Waals surface area contributed by atoms with E-state index in [1.165, 1.54) is 13.2 Å². The Hall–Kier alpha value is -1.39. The number of aromatic nitrogens is 2. The molecule has 160 valence electrons. The summed E-state index contributed by atoms with van der Waals surface area (Å²) in [4.78, 5) is 15.5. The van der Waals surface area contributed by atoms with Crippen molar-refractivity contribution < 1.29 is 36.6 Å². The van der Waals surface area contributed by atoms with Crippen molar-refractivity contribution in [2.24, 2.45) is 0 Å². The van der Waals surface area contributed by atoms with Crippen LogP contribution in [0.2, 0.25) is 0 Å². The van der Waals surface area contributed by atoms with Crippen LogP contribution in [0, 0.1) is 0 Å². The predicted octanol–water partition coefficient (Wildman–Crippen LogP) is 2.80. The molecule has 9 nitrogen and oxygen atoms in total. The van der Waals surface area contributed by atoms with Gasteiger partial charge in [0.2, 0.25) is 12.1 Å². The van der Waals surface area contributed by atoms with Gasteiger partial charge in [-0.15, -0.1) is 0 Å². The number of hydrogen-bond donors (Lipinski definition) is 0. The Morgan fingerprint density at radius 3 is 2.43 bits per heavy atom. The third-order valence-electron chi connectivity index (χ3n) is 3.61. The number of hydrogen-bond acceptors (Lipinski definition) is 8. The maximum atomic E-state index is 14.8. The normalized spacial score (nSPS) is 22.2. The van der Waals surface area contributed by atoms with E-state index in [1.54, 1.807) is 27.7 Å². The number of rotatable bonds is 9. The average molecular weight is 426 g/mol. The molecule has 0 unspecified atom stereocenters. The van der Waals surface area contributed by atoms with Crippen LogP contribution in [0.25, 0.3) is 0 Å². The largest absolute Gasteiger partial charge is 0.481 e. The van der Waals surface area contributed by atoms with Gasteiger partial charge in [-0.1, -0.05) is 0 Å². The first-order valence-electron chi connectivity index (χ1n) is 8.68. The van der Waals surface area contributed by atoms with E-state index in [0.717, 1.165) is 6.20 Å². The standard InChI is InChI=1S/C16H25F2N2O7P/c1-10(2)26-28(22,27-11(3)4)9-25-12-8-24-14(16(12,17)18)20-7-6-13(23-5)19-15(20)21/h6-7,10-12,14H,8-9H2,1-5H3/t12-,14+/m0/s1. The molecule has 0 bridgehead atoms. The Kier molecular flexibility index (Phi) is 7.33. The third kappa shape index (κ3) is 5.36. The maximum Gasteiger partial charge on any atom is 0.356 e. The fourth-order valence-electron chi connectivity index (χ4n) is 2.58. The number of alkyl halides is 2. The molecule has 2 heterocycles. The lowest BCUT2D eigenvalue weighted by atomic mass is 10.2. The lowest BCUT2D eigenvalue weighted by Gasteiger charge is -2.26. The van der Waals surface area contributed by atoms with Gasteiger partial charge in [0.15, 0.2) is 0 Å². The molecule has 1 saturated heterocycles. The molecule has 0 N–H and O–H groups in total. The van der Waals surface area contributed by atoms with Crippen molar-refractivity contribution in [3.8, 4) is 5.88 Å². The number of methoxy groups -OCH3 is 1. The monoisotopic (exact) mass is 426 g/mol. The molecule has 0 spiro atoms. The van der Waals surface area contributed by atoms with Crippen LogP contribution >= 0.6 is 7.60 Å². The summed E-state index contributed by atoms with van der Waals surface area (Å²) in [5.41, 5.74) is -0.957. The quantitative estimate of drug-likeness (QED) is 0.556. The fourth-order valence-corrected chi connectivity index (χ4v) is 4.40.